The van der Waals surface area contributed by atoms with E-state index in [1.807, 2.05) is 31.2 Å². The molecule has 0 aromatic heterocycles. The zero-order valence-electron chi connectivity index (χ0n) is 12.2. The lowest BCUT2D eigenvalue weighted by Crippen LogP contribution is -2.27. The van der Waals surface area contributed by atoms with E-state index in [1.54, 1.807) is 0 Å². The van der Waals surface area contributed by atoms with Crippen LogP contribution in [0.3, 0.4) is 0 Å². The first-order valence-electron chi connectivity index (χ1n) is 7.17. The van der Waals surface area contributed by atoms with Gasteiger partial charge in [0.05, 0.1) is 0 Å². The van der Waals surface area contributed by atoms with E-state index in [-0.39, 0.29) is 12.5 Å². The summed E-state index contributed by atoms with van der Waals surface area (Å²) in [6.45, 7) is 4.20. The van der Waals surface area contributed by atoms with Crippen LogP contribution in [0, 0.1) is 12.8 Å². The number of hydrogen-bond donors (Lipinski definition) is 1. The molecule has 4 heteroatoms. The summed E-state index contributed by atoms with van der Waals surface area (Å²) in [7, 11) is 0. The van der Waals surface area contributed by atoms with Crippen LogP contribution in [-0.4, -0.2) is 18.2 Å². The van der Waals surface area contributed by atoms with Gasteiger partial charge in [-0.3, -0.25) is 4.79 Å². The van der Waals surface area contributed by atoms with Crippen LogP contribution in [0.15, 0.2) is 29.4 Å². The molecule has 2 rings (SSSR count). The number of rotatable bonds is 4. The Labute approximate surface area is 120 Å². The van der Waals surface area contributed by atoms with E-state index in [9.17, 15) is 4.79 Å². The minimum Gasteiger partial charge on any atom is -0.484 e. The zero-order chi connectivity index (χ0) is 14.4. The van der Waals surface area contributed by atoms with Gasteiger partial charge < -0.3 is 4.74 Å². The van der Waals surface area contributed by atoms with E-state index in [0.717, 1.165) is 30.5 Å². The van der Waals surface area contributed by atoms with Crippen molar-refractivity contribution >= 4 is 11.6 Å². The van der Waals surface area contributed by atoms with Crippen molar-refractivity contribution in [2.45, 2.75) is 39.5 Å². The maximum atomic E-state index is 11.7. The van der Waals surface area contributed by atoms with E-state index < -0.39 is 0 Å². The number of hydrazone groups is 1. The number of carbonyl (C=O) groups is 1. The Balaban J connectivity index is 1.76. The first kappa shape index (κ1) is 14.6. The van der Waals surface area contributed by atoms with Gasteiger partial charge in [-0.1, -0.05) is 19.1 Å². The highest BCUT2D eigenvalue weighted by molar-refractivity contribution is 5.87. The highest BCUT2D eigenvalue weighted by atomic mass is 16.5. The molecule has 0 aliphatic heterocycles. The van der Waals surface area contributed by atoms with Crippen molar-refractivity contribution < 1.29 is 9.53 Å². The number of amides is 1. The molecule has 108 valence electrons. The van der Waals surface area contributed by atoms with Gasteiger partial charge in [-0.25, -0.2) is 5.43 Å². The highest BCUT2D eigenvalue weighted by Gasteiger charge is 2.14. The summed E-state index contributed by atoms with van der Waals surface area (Å²) in [4.78, 5) is 11.7. The maximum Gasteiger partial charge on any atom is 0.277 e. The Morgan fingerprint density at radius 1 is 1.50 bits per heavy atom. The Kier molecular flexibility index (Phi) is 5.16. The molecule has 0 spiro atoms. The summed E-state index contributed by atoms with van der Waals surface area (Å²) in [5.41, 5.74) is 4.78. The van der Waals surface area contributed by atoms with Crippen molar-refractivity contribution in [3.63, 3.8) is 0 Å². The Hall–Kier alpha value is -1.84. The predicted molar refractivity (Wildman–Crippen MR) is 79.9 cm³/mol. The van der Waals surface area contributed by atoms with E-state index in [4.69, 9.17) is 4.74 Å². The molecule has 1 aliphatic rings. The zero-order valence-corrected chi connectivity index (χ0v) is 12.2. The summed E-state index contributed by atoms with van der Waals surface area (Å²) in [6, 6.07) is 7.65. The van der Waals surface area contributed by atoms with Gasteiger partial charge in [0.2, 0.25) is 0 Å². The summed E-state index contributed by atoms with van der Waals surface area (Å²) >= 11 is 0. The number of ether oxygens (including phenoxy) is 1. The van der Waals surface area contributed by atoms with Crippen LogP contribution in [0.5, 0.6) is 5.75 Å². The number of aryl methyl sites for hydroxylation is 1. The number of nitrogens with zero attached hydrogens (tertiary/aromatic N) is 1. The number of carbonyl (C=O) groups excluding carboxylic acids is 1. The molecule has 1 fully saturated rings. The second-order valence-electron chi connectivity index (χ2n) is 5.52. The SMILES string of the molecule is Cc1cccc(OCC(=O)N/N=C2/CCC[C@H](C)C2)c1. The quantitative estimate of drug-likeness (QED) is 0.858. The van der Waals surface area contributed by atoms with Crippen LogP contribution in [0.4, 0.5) is 0 Å². The summed E-state index contributed by atoms with van der Waals surface area (Å²) in [5.74, 6) is 1.17. The van der Waals surface area contributed by atoms with Gasteiger partial charge in [0.25, 0.3) is 5.91 Å². The molecule has 0 heterocycles. The molecular weight excluding hydrogens is 252 g/mol. The maximum absolute atomic E-state index is 11.7. The van der Waals surface area contributed by atoms with Crippen molar-refractivity contribution in [3.05, 3.63) is 29.8 Å². The number of hydrogen-bond acceptors (Lipinski definition) is 3. The van der Waals surface area contributed by atoms with Crippen molar-refractivity contribution in [3.8, 4) is 5.75 Å². The highest BCUT2D eigenvalue weighted by Crippen LogP contribution is 2.20. The molecule has 1 aliphatic carbocycles. The standard InChI is InChI=1S/C16H22N2O2/c1-12-5-3-7-14(9-12)17-18-16(19)11-20-15-8-4-6-13(2)10-15/h4,6,8,10,12H,3,5,7,9,11H2,1-2H3,(H,18,19)/b17-14-/t12-/m0/s1. The van der Waals surface area contributed by atoms with Crippen molar-refractivity contribution in [2.75, 3.05) is 6.61 Å². The minimum atomic E-state index is -0.211. The molecule has 1 saturated carbocycles. The third-order valence-electron chi connectivity index (χ3n) is 3.44. The van der Waals surface area contributed by atoms with Crippen LogP contribution in [0.25, 0.3) is 0 Å². The molecule has 0 bridgehead atoms. The average Bonchev–Trinajstić information content (AvgIpc) is 2.43. The molecular formula is C16H22N2O2. The van der Waals surface area contributed by atoms with Crippen LogP contribution < -0.4 is 10.2 Å². The lowest BCUT2D eigenvalue weighted by atomic mass is 9.89. The Morgan fingerprint density at radius 3 is 3.10 bits per heavy atom. The lowest BCUT2D eigenvalue weighted by Gasteiger charge is -2.18. The van der Waals surface area contributed by atoms with Gasteiger partial charge in [0.1, 0.15) is 5.75 Å². The fourth-order valence-electron chi connectivity index (χ4n) is 2.39. The normalized spacial score (nSPS) is 20.7. The van der Waals surface area contributed by atoms with Crippen molar-refractivity contribution in [2.24, 2.45) is 11.0 Å². The largest absolute Gasteiger partial charge is 0.484 e. The smallest absolute Gasteiger partial charge is 0.277 e. The Morgan fingerprint density at radius 2 is 2.35 bits per heavy atom. The molecule has 0 radical (unpaired) electrons. The third kappa shape index (κ3) is 4.68. The second kappa shape index (κ2) is 7.08. The number of nitrogens with one attached hydrogen (secondary N) is 1. The average molecular weight is 274 g/mol. The molecule has 1 amide bonds. The van der Waals surface area contributed by atoms with Gasteiger partial charge in [0.15, 0.2) is 6.61 Å². The first-order chi connectivity index (χ1) is 9.63. The van der Waals surface area contributed by atoms with E-state index in [2.05, 4.69) is 17.5 Å². The third-order valence-corrected chi connectivity index (χ3v) is 3.44. The van der Waals surface area contributed by atoms with Gasteiger partial charge in [0, 0.05) is 5.71 Å². The van der Waals surface area contributed by atoms with E-state index in [0.29, 0.717) is 11.7 Å². The van der Waals surface area contributed by atoms with Crippen molar-refractivity contribution in [1.82, 2.24) is 5.43 Å². The first-order valence-corrected chi connectivity index (χ1v) is 7.17. The summed E-state index contributed by atoms with van der Waals surface area (Å²) < 4.78 is 5.43. The van der Waals surface area contributed by atoms with Gasteiger partial charge in [-0.15, -0.1) is 0 Å². The summed E-state index contributed by atoms with van der Waals surface area (Å²) in [5, 5.41) is 4.20. The van der Waals surface area contributed by atoms with Crippen LogP contribution in [0.2, 0.25) is 0 Å². The number of benzene rings is 1. The Bertz CT molecular complexity index is 497. The topological polar surface area (TPSA) is 50.7 Å². The molecule has 1 aromatic carbocycles. The fraction of sp³-hybridized carbons (Fsp3) is 0.500. The van der Waals surface area contributed by atoms with E-state index >= 15 is 0 Å². The van der Waals surface area contributed by atoms with Gasteiger partial charge in [-0.2, -0.15) is 5.10 Å². The fourth-order valence-corrected chi connectivity index (χ4v) is 2.39. The van der Waals surface area contributed by atoms with Crippen LogP contribution >= 0.6 is 0 Å². The van der Waals surface area contributed by atoms with E-state index in [1.165, 1.54) is 6.42 Å². The molecule has 4 nitrogen and oxygen atoms in total. The van der Waals surface area contributed by atoms with Crippen LogP contribution in [-0.2, 0) is 4.79 Å². The predicted octanol–water partition coefficient (Wildman–Crippen LogP) is 3.06. The van der Waals surface area contributed by atoms with Crippen LogP contribution in [0.1, 0.15) is 38.2 Å². The van der Waals surface area contributed by atoms with Crippen molar-refractivity contribution in [1.29, 1.82) is 0 Å². The van der Waals surface area contributed by atoms with Gasteiger partial charge in [-0.05, 0) is 56.2 Å². The molecule has 20 heavy (non-hydrogen) atoms. The van der Waals surface area contributed by atoms with Gasteiger partial charge >= 0.3 is 0 Å². The monoisotopic (exact) mass is 274 g/mol. The lowest BCUT2D eigenvalue weighted by molar-refractivity contribution is -0.123. The molecule has 0 unspecified atom stereocenters. The molecule has 1 N–H and O–H groups in total. The molecule has 1 aromatic rings. The molecule has 0 saturated heterocycles. The minimum absolute atomic E-state index is 0.00418. The molecule has 1 atom stereocenters. The summed E-state index contributed by atoms with van der Waals surface area (Å²) in [6.07, 6.45) is 4.39. The second-order valence-corrected chi connectivity index (χ2v) is 5.52.